The quantitative estimate of drug-likeness (QED) is 0.322. The van der Waals surface area contributed by atoms with Gasteiger partial charge in [-0.15, -0.1) is 11.6 Å². The minimum atomic E-state index is -0.232. The monoisotopic (exact) mass is 408 g/mol. The zero-order chi connectivity index (χ0) is 21.0. The summed E-state index contributed by atoms with van der Waals surface area (Å²) in [6, 6.07) is 15.1. The van der Waals surface area contributed by atoms with Gasteiger partial charge in [-0.1, -0.05) is 12.1 Å². The maximum atomic E-state index is 12.5. The van der Waals surface area contributed by atoms with Gasteiger partial charge in [0.05, 0.1) is 29.6 Å². The van der Waals surface area contributed by atoms with E-state index in [4.69, 9.17) is 21.6 Å². The number of aromatic nitrogens is 1. The van der Waals surface area contributed by atoms with E-state index in [0.29, 0.717) is 30.6 Å². The largest absolute Gasteiger partial charge is 0.466 e. The number of benzene rings is 2. The fourth-order valence-corrected chi connectivity index (χ4v) is 3.67. The van der Waals surface area contributed by atoms with Crippen molar-refractivity contribution in [2.45, 2.75) is 26.7 Å². The molecule has 3 aromatic rings. The van der Waals surface area contributed by atoms with Crippen LogP contribution in [0.4, 0.5) is 0 Å². The maximum absolute atomic E-state index is 12.5. The van der Waals surface area contributed by atoms with Gasteiger partial charge in [-0.3, -0.25) is 9.59 Å². The molecule has 5 nitrogen and oxygen atoms in total. The van der Waals surface area contributed by atoms with E-state index in [9.17, 15) is 9.59 Å². The molecule has 0 bridgehead atoms. The summed E-state index contributed by atoms with van der Waals surface area (Å²) in [7, 11) is 0. The third-order valence-corrected chi connectivity index (χ3v) is 5.09. The number of halogens is 1. The number of carbonyl (C=O) groups is 2. The number of aryl methyl sites for hydroxylation is 1. The van der Waals surface area contributed by atoms with E-state index in [1.54, 1.807) is 19.1 Å². The summed E-state index contributed by atoms with van der Waals surface area (Å²) < 4.78 is 7.00. The fraction of sp³-hybridized carbons (Fsp3) is 0.261. The number of hydrogen-bond donors (Lipinski definition) is 0. The molecule has 1 heterocycles. The number of ketones is 1. The predicted molar refractivity (Wildman–Crippen MR) is 113 cm³/mol. The van der Waals surface area contributed by atoms with Crippen LogP contribution in [0.15, 0.2) is 42.5 Å². The van der Waals surface area contributed by atoms with Crippen LogP contribution in [0.5, 0.6) is 0 Å². The van der Waals surface area contributed by atoms with E-state index < -0.39 is 0 Å². The Morgan fingerprint density at radius 3 is 2.52 bits per heavy atom. The van der Waals surface area contributed by atoms with Gasteiger partial charge < -0.3 is 9.30 Å². The van der Waals surface area contributed by atoms with E-state index in [1.165, 1.54) is 0 Å². The van der Waals surface area contributed by atoms with Crippen LogP contribution < -0.4 is 0 Å². The van der Waals surface area contributed by atoms with Gasteiger partial charge in [-0.25, -0.2) is 0 Å². The van der Waals surface area contributed by atoms with Crippen LogP contribution >= 0.6 is 11.6 Å². The molecule has 0 N–H and O–H groups in total. The molecule has 0 aliphatic rings. The Bertz CT molecular complexity index is 1110. The normalized spacial score (nSPS) is 10.7. The Morgan fingerprint density at radius 1 is 1.17 bits per heavy atom. The third kappa shape index (κ3) is 4.18. The predicted octanol–water partition coefficient (Wildman–Crippen LogP) is 4.73. The number of carbonyl (C=O) groups excluding carboxylic acids is 2. The highest BCUT2D eigenvalue weighted by atomic mass is 35.5. The molecule has 1 aromatic heterocycles. The zero-order valence-corrected chi connectivity index (χ0v) is 17.1. The number of Topliss-reactive ketones (excluding diaryl/α,β-unsaturated/α-hetero) is 1. The average Bonchev–Trinajstić information content (AvgIpc) is 3.03. The highest BCUT2D eigenvalue weighted by Crippen LogP contribution is 2.31. The van der Waals surface area contributed by atoms with Crippen molar-refractivity contribution < 1.29 is 14.3 Å². The lowest BCUT2D eigenvalue weighted by Crippen LogP contribution is -2.05. The SMILES string of the molecule is CCOC(=O)CCc1ccc2c(C(=O)CCl)c(C)n(-c3ccc(C#N)cc3)c2c1. The van der Waals surface area contributed by atoms with Crippen molar-refractivity contribution in [1.82, 2.24) is 4.57 Å². The van der Waals surface area contributed by atoms with Gasteiger partial charge in [0.1, 0.15) is 0 Å². The lowest BCUT2D eigenvalue weighted by atomic mass is 10.0. The van der Waals surface area contributed by atoms with Crippen LogP contribution in [-0.2, 0) is 16.0 Å². The summed E-state index contributed by atoms with van der Waals surface area (Å²) in [6.45, 7) is 4.03. The molecular weight excluding hydrogens is 388 g/mol. The second-order valence-corrected chi connectivity index (χ2v) is 6.94. The lowest BCUT2D eigenvalue weighted by Gasteiger charge is -2.10. The molecule has 2 aromatic carbocycles. The first kappa shape index (κ1) is 20.6. The minimum absolute atomic E-state index is 0.0993. The maximum Gasteiger partial charge on any atom is 0.306 e. The van der Waals surface area contributed by atoms with E-state index >= 15 is 0 Å². The summed E-state index contributed by atoms with van der Waals surface area (Å²) in [5.41, 5.74) is 4.64. The molecule has 148 valence electrons. The smallest absolute Gasteiger partial charge is 0.306 e. The van der Waals surface area contributed by atoms with Gasteiger partial charge in [-0.05, 0) is 56.2 Å². The first-order valence-corrected chi connectivity index (χ1v) is 9.92. The van der Waals surface area contributed by atoms with Crippen LogP contribution in [0.3, 0.4) is 0 Å². The van der Waals surface area contributed by atoms with E-state index in [0.717, 1.165) is 27.8 Å². The van der Waals surface area contributed by atoms with Gasteiger partial charge in [0.2, 0.25) is 0 Å². The number of hydrogen-bond acceptors (Lipinski definition) is 4. The Morgan fingerprint density at radius 2 is 1.90 bits per heavy atom. The van der Waals surface area contributed by atoms with E-state index in [2.05, 4.69) is 6.07 Å². The zero-order valence-electron chi connectivity index (χ0n) is 16.4. The van der Waals surface area contributed by atoms with Gasteiger partial charge in [-0.2, -0.15) is 5.26 Å². The molecule has 0 amide bonds. The van der Waals surface area contributed by atoms with Gasteiger partial charge in [0, 0.05) is 28.8 Å². The molecule has 0 fully saturated rings. The topological polar surface area (TPSA) is 72.1 Å². The van der Waals surface area contributed by atoms with Gasteiger partial charge >= 0.3 is 5.97 Å². The van der Waals surface area contributed by atoms with E-state index in [-0.39, 0.29) is 17.6 Å². The molecule has 3 rings (SSSR count). The molecule has 0 aliphatic heterocycles. The van der Waals surface area contributed by atoms with Crippen LogP contribution in [0.2, 0.25) is 0 Å². The fourth-order valence-electron chi connectivity index (χ4n) is 3.53. The van der Waals surface area contributed by atoms with Crippen LogP contribution in [0, 0.1) is 18.3 Å². The van der Waals surface area contributed by atoms with Crippen molar-refractivity contribution in [3.8, 4) is 11.8 Å². The molecule has 0 spiro atoms. The van der Waals surface area contributed by atoms with Crippen molar-refractivity contribution in [2.24, 2.45) is 0 Å². The molecule has 0 radical (unpaired) electrons. The van der Waals surface area contributed by atoms with Crippen LogP contribution in [0.25, 0.3) is 16.6 Å². The number of ether oxygens (including phenoxy) is 1. The van der Waals surface area contributed by atoms with Gasteiger partial charge in [0.25, 0.3) is 0 Å². The van der Waals surface area contributed by atoms with Crippen LogP contribution in [0.1, 0.15) is 40.5 Å². The van der Waals surface area contributed by atoms with Crippen molar-refractivity contribution in [1.29, 1.82) is 5.26 Å². The summed E-state index contributed by atoms with van der Waals surface area (Å²) >= 11 is 5.85. The molecular formula is C23H21ClN2O3. The number of nitrogens with zero attached hydrogens (tertiary/aromatic N) is 2. The molecule has 0 aliphatic carbocycles. The summed E-state index contributed by atoms with van der Waals surface area (Å²) in [5, 5.41) is 9.88. The van der Waals surface area contributed by atoms with Crippen LogP contribution in [-0.4, -0.2) is 28.8 Å². The summed E-state index contributed by atoms with van der Waals surface area (Å²) in [6.07, 6.45) is 0.842. The molecule has 6 heteroatoms. The second kappa shape index (κ2) is 8.93. The lowest BCUT2D eigenvalue weighted by molar-refractivity contribution is -0.143. The first-order valence-electron chi connectivity index (χ1n) is 9.39. The summed E-state index contributed by atoms with van der Waals surface area (Å²) in [4.78, 5) is 24.2. The highest BCUT2D eigenvalue weighted by Gasteiger charge is 2.20. The Balaban J connectivity index is 2.12. The summed E-state index contributed by atoms with van der Waals surface area (Å²) in [5.74, 6) is -0.470. The average molecular weight is 409 g/mol. The number of alkyl halides is 1. The third-order valence-electron chi connectivity index (χ3n) is 4.85. The Kier molecular flexibility index (Phi) is 6.36. The number of nitriles is 1. The number of rotatable bonds is 7. The molecule has 0 saturated heterocycles. The van der Waals surface area contributed by atoms with Crippen molar-refractivity contribution in [2.75, 3.05) is 12.5 Å². The van der Waals surface area contributed by atoms with Crippen molar-refractivity contribution in [3.63, 3.8) is 0 Å². The molecule has 0 unspecified atom stereocenters. The minimum Gasteiger partial charge on any atom is -0.466 e. The number of fused-ring (bicyclic) bond motifs is 1. The van der Waals surface area contributed by atoms with Crippen molar-refractivity contribution >= 4 is 34.3 Å². The molecule has 0 atom stereocenters. The Hall–Kier alpha value is -3.10. The highest BCUT2D eigenvalue weighted by molar-refractivity contribution is 6.32. The molecule has 29 heavy (non-hydrogen) atoms. The standard InChI is InChI=1S/C23H21ClN2O3/c1-3-29-22(28)11-7-16-6-10-19-20(12-16)26(15(2)23(19)21(27)13-24)18-8-4-17(14-25)5-9-18/h4-6,8-10,12H,3,7,11,13H2,1-2H3. The Labute approximate surface area is 174 Å². The second-order valence-electron chi connectivity index (χ2n) is 6.67. The first-order chi connectivity index (χ1) is 14.0. The number of esters is 1. The van der Waals surface area contributed by atoms with E-state index in [1.807, 2.05) is 41.8 Å². The molecule has 0 saturated carbocycles. The van der Waals surface area contributed by atoms with Crippen molar-refractivity contribution in [3.05, 3.63) is 64.8 Å². The van der Waals surface area contributed by atoms with Gasteiger partial charge in [0.15, 0.2) is 5.78 Å².